The van der Waals surface area contributed by atoms with E-state index in [9.17, 15) is 9.18 Å². The van der Waals surface area contributed by atoms with Crippen LogP contribution in [0.3, 0.4) is 0 Å². The highest BCUT2D eigenvalue weighted by Gasteiger charge is 2.24. The summed E-state index contributed by atoms with van der Waals surface area (Å²) >= 11 is 0. The molecular formula is C26H22FNO4. The van der Waals surface area contributed by atoms with Crippen LogP contribution in [0.4, 0.5) is 4.39 Å². The second-order valence-corrected chi connectivity index (χ2v) is 7.26. The number of ether oxygens (including phenoxy) is 3. The number of nitrogens with zero attached hydrogens (tertiary/aromatic N) is 1. The molecular weight excluding hydrogens is 409 g/mol. The highest BCUT2D eigenvalue weighted by molar-refractivity contribution is 6.12. The summed E-state index contributed by atoms with van der Waals surface area (Å²) in [4.78, 5) is 16.5. The fraction of sp³-hybridized carbons (Fsp3) is 0.154. The van der Waals surface area contributed by atoms with Crippen LogP contribution >= 0.6 is 0 Å². The molecule has 0 aromatic heterocycles. The van der Waals surface area contributed by atoms with E-state index >= 15 is 0 Å². The Morgan fingerprint density at radius 1 is 1.00 bits per heavy atom. The third-order valence-electron chi connectivity index (χ3n) is 4.78. The van der Waals surface area contributed by atoms with Gasteiger partial charge in [0.1, 0.15) is 12.4 Å². The van der Waals surface area contributed by atoms with Crippen LogP contribution in [0.5, 0.6) is 11.5 Å². The molecule has 0 atom stereocenters. The maximum Gasteiger partial charge on any atom is 0.363 e. The summed E-state index contributed by atoms with van der Waals surface area (Å²) in [5.74, 6) is 0.217. The standard InChI is InChI=1S/C26H22FNO4/c1-3-30-24-14-19(11-12-23(24)31-16-18-9-7-17(2)8-10-18)13-22-26(29)32-25(28-22)20-5-4-6-21(27)15-20/h4-15H,3,16H2,1-2H3/b22-13-. The first-order valence-electron chi connectivity index (χ1n) is 10.3. The molecule has 3 aromatic rings. The number of esters is 1. The molecule has 6 heteroatoms. The van der Waals surface area contributed by atoms with Crippen LogP contribution in [-0.2, 0) is 16.1 Å². The molecule has 0 spiro atoms. The first-order chi connectivity index (χ1) is 15.5. The van der Waals surface area contributed by atoms with E-state index in [1.54, 1.807) is 24.3 Å². The fourth-order valence-electron chi connectivity index (χ4n) is 3.16. The molecule has 162 valence electrons. The lowest BCUT2D eigenvalue weighted by atomic mass is 10.1. The summed E-state index contributed by atoms with van der Waals surface area (Å²) in [5.41, 5.74) is 3.47. The monoisotopic (exact) mass is 431 g/mol. The lowest BCUT2D eigenvalue weighted by Gasteiger charge is -2.13. The van der Waals surface area contributed by atoms with E-state index in [1.807, 2.05) is 44.2 Å². The Morgan fingerprint density at radius 3 is 2.56 bits per heavy atom. The molecule has 1 aliphatic heterocycles. The minimum atomic E-state index is -0.595. The van der Waals surface area contributed by atoms with E-state index in [1.165, 1.54) is 23.8 Å². The Balaban J connectivity index is 1.55. The molecule has 0 saturated heterocycles. The molecule has 3 aromatic carbocycles. The van der Waals surface area contributed by atoms with Gasteiger partial charge in [0.05, 0.1) is 6.61 Å². The van der Waals surface area contributed by atoms with Crippen molar-refractivity contribution in [3.8, 4) is 11.5 Å². The Kier molecular flexibility index (Phi) is 6.31. The number of cyclic esters (lactones) is 1. The summed E-state index contributed by atoms with van der Waals surface area (Å²) in [6, 6.07) is 19.3. The van der Waals surface area contributed by atoms with Crippen molar-refractivity contribution in [1.82, 2.24) is 0 Å². The van der Waals surface area contributed by atoms with Gasteiger partial charge in [0.15, 0.2) is 17.2 Å². The quantitative estimate of drug-likeness (QED) is 0.368. The molecule has 0 aliphatic carbocycles. The van der Waals surface area contributed by atoms with Gasteiger partial charge in [-0.25, -0.2) is 14.2 Å². The molecule has 1 aliphatic rings. The molecule has 0 radical (unpaired) electrons. The highest BCUT2D eigenvalue weighted by Crippen LogP contribution is 2.31. The van der Waals surface area contributed by atoms with Crippen molar-refractivity contribution in [2.45, 2.75) is 20.5 Å². The Morgan fingerprint density at radius 2 is 1.81 bits per heavy atom. The summed E-state index contributed by atoms with van der Waals surface area (Å²) in [7, 11) is 0. The van der Waals surface area contributed by atoms with Crippen molar-refractivity contribution in [2.75, 3.05) is 6.61 Å². The van der Waals surface area contributed by atoms with Gasteiger partial charge in [-0.3, -0.25) is 0 Å². The minimum Gasteiger partial charge on any atom is -0.490 e. The maximum atomic E-state index is 13.5. The molecule has 1 heterocycles. The van der Waals surface area contributed by atoms with E-state index in [0.29, 0.717) is 35.8 Å². The number of rotatable bonds is 7. The zero-order chi connectivity index (χ0) is 22.5. The fourth-order valence-corrected chi connectivity index (χ4v) is 3.16. The van der Waals surface area contributed by atoms with Crippen LogP contribution in [0.1, 0.15) is 29.2 Å². The zero-order valence-corrected chi connectivity index (χ0v) is 17.8. The van der Waals surface area contributed by atoms with Crippen LogP contribution < -0.4 is 9.47 Å². The van der Waals surface area contributed by atoms with E-state index in [-0.39, 0.29) is 11.6 Å². The van der Waals surface area contributed by atoms with Gasteiger partial charge in [-0.2, -0.15) is 0 Å². The number of benzene rings is 3. The van der Waals surface area contributed by atoms with Crippen molar-refractivity contribution in [1.29, 1.82) is 0 Å². The second-order valence-electron chi connectivity index (χ2n) is 7.26. The third kappa shape index (κ3) is 5.03. The SMILES string of the molecule is CCOc1cc(/C=C2\N=C(c3cccc(F)c3)OC2=O)ccc1OCc1ccc(C)cc1. The van der Waals surface area contributed by atoms with E-state index in [2.05, 4.69) is 4.99 Å². The Bertz CT molecular complexity index is 1200. The third-order valence-corrected chi connectivity index (χ3v) is 4.78. The van der Waals surface area contributed by atoms with E-state index in [4.69, 9.17) is 14.2 Å². The van der Waals surface area contributed by atoms with Gasteiger partial charge < -0.3 is 14.2 Å². The Labute approximate surface area is 185 Å². The first kappa shape index (κ1) is 21.3. The van der Waals surface area contributed by atoms with Gasteiger partial charge in [-0.05, 0) is 61.4 Å². The van der Waals surface area contributed by atoms with Crippen LogP contribution in [0, 0.1) is 12.7 Å². The Hall–Kier alpha value is -3.93. The molecule has 0 amide bonds. The van der Waals surface area contributed by atoms with Gasteiger partial charge in [0, 0.05) is 5.56 Å². The summed E-state index contributed by atoms with van der Waals surface area (Å²) in [6.45, 7) is 4.80. The van der Waals surface area contributed by atoms with Crippen LogP contribution in [0.25, 0.3) is 6.08 Å². The lowest BCUT2D eigenvalue weighted by Crippen LogP contribution is -2.05. The maximum absolute atomic E-state index is 13.5. The molecule has 0 unspecified atom stereocenters. The number of halogens is 1. The van der Waals surface area contributed by atoms with Crippen LogP contribution in [0.15, 0.2) is 77.4 Å². The molecule has 4 rings (SSSR count). The van der Waals surface area contributed by atoms with Gasteiger partial charge in [0.2, 0.25) is 5.90 Å². The van der Waals surface area contributed by atoms with Crippen molar-refractivity contribution in [3.05, 3.63) is 100 Å². The van der Waals surface area contributed by atoms with Crippen molar-refractivity contribution < 1.29 is 23.4 Å². The average molecular weight is 431 g/mol. The predicted molar refractivity (Wildman–Crippen MR) is 120 cm³/mol. The molecule has 0 bridgehead atoms. The smallest absolute Gasteiger partial charge is 0.363 e. The normalized spacial score (nSPS) is 14.3. The summed E-state index contributed by atoms with van der Waals surface area (Å²) in [6.07, 6.45) is 1.60. The number of hydrogen-bond donors (Lipinski definition) is 0. The molecule has 0 N–H and O–H groups in total. The summed E-state index contributed by atoms with van der Waals surface area (Å²) < 4.78 is 30.4. The molecule has 0 saturated carbocycles. The minimum absolute atomic E-state index is 0.0730. The van der Waals surface area contributed by atoms with Crippen molar-refractivity contribution in [3.63, 3.8) is 0 Å². The lowest BCUT2D eigenvalue weighted by molar-refractivity contribution is -0.129. The number of carbonyl (C=O) groups is 1. The van der Waals surface area contributed by atoms with E-state index < -0.39 is 11.8 Å². The number of aryl methyl sites for hydroxylation is 1. The molecule has 5 nitrogen and oxygen atoms in total. The second kappa shape index (κ2) is 9.47. The first-order valence-corrected chi connectivity index (χ1v) is 10.3. The number of hydrogen-bond acceptors (Lipinski definition) is 5. The van der Waals surface area contributed by atoms with Crippen molar-refractivity contribution in [2.24, 2.45) is 4.99 Å². The van der Waals surface area contributed by atoms with Crippen molar-refractivity contribution >= 4 is 17.9 Å². The largest absolute Gasteiger partial charge is 0.490 e. The molecule has 0 fully saturated rings. The number of carbonyl (C=O) groups excluding carboxylic acids is 1. The van der Waals surface area contributed by atoms with Crippen LogP contribution in [-0.4, -0.2) is 18.5 Å². The van der Waals surface area contributed by atoms with Crippen LogP contribution in [0.2, 0.25) is 0 Å². The number of aliphatic imine (C=N–C) groups is 1. The molecule has 32 heavy (non-hydrogen) atoms. The van der Waals surface area contributed by atoms with Gasteiger partial charge >= 0.3 is 5.97 Å². The average Bonchev–Trinajstić information content (AvgIpc) is 3.15. The predicted octanol–water partition coefficient (Wildman–Crippen LogP) is 5.46. The van der Waals surface area contributed by atoms with E-state index in [0.717, 1.165) is 5.56 Å². The zero-order valence-electron chi connectivity index (χ0n) is 17.8. The summed E-state index contributed by atoms with van der Waals surface area (Å²) in [5, 5.41) is 0. The topological polar surface area (TPSA) is 57.1 Å². The van der Waals surface area contributed by atoms with Gasteiger partial charge in [-0.15, -0.1) is 0 Å². The highest BCUT2D eigenvalue weighted by atomic mass is 19.1. The van der Waals surface area contributed by atoms with Gasteiger partial charge in [0.25, 0.3) is 0 Å². The van der Waals surface area contributed by atoms with Gasteiger partial charge in [-0.1, -0.05) is 42.0 Å².